The lowest BCUT2D eigenvalue weighted by Crippen LogP contribution is -2.41. The highest BCUT2D eigenvalue weighted by molar-refractivity contribution is 9.10. The molecule has 136 valence electrons. The molecule has 0 aromatic heterocycles. The number of carbonyl (C=O) groups is 1. The fourth-order valence-corrected chi connectivity index (χ4v) is 4.62. The summed E-state index contributed by atoms with van der Waals surface area (Å²) in [6.45, 7) is 4.44. The van der Waals surface area contributed by atoms with E-state index in [9.17, 15) is 9.90 Å². The average molecular weight is 389 g/mol. The van der Waals surface area contributed by atoms with E-state index in [0.29, 0.717) is 11.8 Å². The zero-order valence-electron chi connectivity index (χ0n) is 15.3. The van der Waals surface area contributed by atoms with Crippen molar-refractivity contribution in [1.29, 1.82) is 0 Å². The number of carboxylic acid groups (broad SMARTS) is 1. The Kier molecular flexibility index (Phi) is 10.5. The number of unbranched alkanes of at least 4 members (excludes halogenated alkanes) is 8. The Morgan fingerprint density at radius 1 is 1.00 bits per heavy atom. The van der Waals surface area contributed by atoms with E-state index in [2.05, 4.69) is 29.8 Å². The molecule has 1 saturated carbocycles. The number of hydrogen-bond acceptors (Lipinski definition) is 1. The molecule has 0 bridgehead atoms. The van der Waals surface area contributed by atoms with Gasteiger partial charge in [-0.2, -0.15) is 0 Å². The maximum Gasteiger partial charge on any atom is 0.320 e. The van der Waals surface area contributed by atoms with Crippen LogP contribution in [-0.2, 0) is 4.79 Å². The minimum Gasteiger partial charge on any atom is -0.480 e. The average Bonchev–Trinajstić information content (AvgIpc) is 3.35. The summed E-state index contributed by atoms with van der Waals surface area (Å²) < 4.78 is -0.675. The van der Waals surface area contributed by atoms with Gasteiger partial charge in [0, 0.05) is 0 Å². The van der Waals surface area contributed by atoms with Crippen LogP contribution in [0.5, 0.6) is 0 Å². The summed E-state index contributed by atoms with van der Waals surface area (Å²) in [6, 6.07) is 0. The van der Waals surface area contributed by atoms with Crippen LogP contribution in [-0.4, -0.2) is 15.4 Å². The monoisotopic (exact) mass is 388 g/mol. The van der Waals surface area contributed by atoms with Crippen LogP contribution in [0.4, 0.5) is 0 Å². The topological polar surface area (TPSA) is 37.3 Å². The third-order valence-electron chi connectivity index (χ3n) is 5.40. The Morgan fingerprint density at radius 3 is 2.04 bits per heavy atom. The van der Waals surface area contributed by atoms with Crippen molar-refractivity contribution in [3.8, 4) is 0 Å². The van der Waals surface area contributed by atoms with Gasteiger partial charge >= 0.3 is 5.97 Å². The van der Waals surface area contributed by atoms with Gasteiger partial charge in [-0.25, -0.2) is 0 Å². The second-order valence-electron chi connectivity index (χ2n) is 7.48. The largest absolute Gasteiger partial charge is 0.480 e. The van der Waals surface area contributed by atoms with Crippen LogP contribution in [0.1, 0.15) is 104 Å². The first kappa shape index (κ1) is 21.0. The first-order chi connectivity index (χ1) is 11.1. The van der Waals surface area contributed by atoms with Crippen LogP contribution in [0.3, 0.4) is 0 Å². The highest BCUT2D eigenvalue weighted by Gasteiger charge is 2.49. The van der Waals surface area contributed by atoms with Crippen molar-refractivity contribution in [2.45, 2.75) is 108 Å². The van der Waals surface area contributed by atoms with Crippen LogP contribution in [0.25, 0.3) is 0 Å². The standard InChI is InChI=1S/C20H37BrO2/c1-3-5-7-9-10-11-13-18(17-14-15-17)20(21,19(22)23)16-12-8-6-4-2/h17-18H,3-16H2,1-2H3,(H,22,23). The SMILES string of the molecule is CCCCCCCCC(C1CC1)C(Br)(CCCCCC)C(=O)O. The molecule has 0 heterocycles. The Balaban J connectivity index is 2.47. The van der Waals surface area contributed by atoms with Gasteiger partial charge in [-0.3, -0.25) is 4.79 Å². The lowest BCUT2D eigenvalue weighted by molar-refractivity contribution is -0.141. The van der Waals surface area contributed by atoms with E-state index in [-0.39, 0.29) is 0 Å². The summed E-state index contributed by atoms with van der Waals surface area (Å²) >= 11 is 3.70. The molecule has 1 N–H and O–H groups in total. The van der Waals surface area contributed by atoms with Crippen LogP contribution >= 0.6 is 15.9 Å². The molecule has 0 amide bonds. The highest BCUT2D eigenvalue weighted by atomic mass is 79.9. The Morgan fingerprint density at radius 2 is 1.52 bits per heavy atom. The molecule has 1 aliphatic rings. The van der Waals surface area contributed by atoms with Crippen molar-refractivity contribution in [1.82, 2.24) is 0 Å². The minimum atomic E-state index is -0.675. The van der Waals surface area contributed by atoms with E-state index < -0.39 is 10.3 Å². The second kappa shape index (κ2) is 11.5. The lowest BCUT2D eigenvalue weighted by Gasteiger charge is -2.33. The molecule has 2 nitrogen and oxygen atoms in total. The molecular weight excluding hydrogens is 352 g/mol. The van der Waals surface area contributed by atoms with Crippen LogP contribution in [0, 0.1) is 11.8 Å². The van der Waals surface area contributed by atoms with E-state index in [1.807, 2.05) is 0 Å². The normalized spacial score (nSPS) is 18.6. The molecule has 0 aliphatic heterocycles. The predicted molar refractivity (Wildman–Crippen MR) is 102 cm³/mol. The van der Waals surface area contributed by atoms with Crippen LogP contribution in [0.15, 0.2) is 0 Å². The van der Waals surface area contributed by atoms with E-state index >= 15 is 0 Å². The molecule has 1 rings (SSSR count). The third-order valence-corrected chi connectivity index (χ3v) is 6.72. The Bertz CT molecular complexity index is 328. The summed E-state index contributed by atoms with van der Waals surface area (Å²) in [5.41, 5.74) is 0. The Hall–Kier alpha value is -0.0500. The number of aliphatic carboxylic acids is 1. The third kappa shape index (κ3) is 7.58. The summed E-state index contributed by atoms with van der Waals surface area (Å²) in [6.07, 6.45) is 16.7. The summed E-state index contributed by atoms with van der Waals surface area (Å²) in [4.78, 5) is 12.0. The number of hydrogen-bond donors (Lipinski definition) is 1. The van der Waals surface area contributed by atoms with Gasteiger partial charge in [0.1, 0.15) is 4.32 Å². The van der Waals surface area contributed by atoms with Crippen LogP contribution < -0.4 is 0 Å². The molecule has 2 atom stereocenters. The van der Waals surface area contributed by atoms with Gasteiger partial charge < -0.3 is 5.11 Å². The highest BCUT2D eigenvalue weighted by Crippen LogP contribution is 2.50. The zero-order chi connectivity index (χ0) is 17.1. The van der Waals surface area contributed by atoms with E-state index in [0.717, 1.165) is 25.7 Å². The first-order valence-electron chi connectivity index (χ1n) is 9.98. The first-order valence-corrected chi connectivity index (χ1v) is 10.8. The lowest BCUT2D eigenvalue weighted by atomic mass is 9.80. The number of alkyl halides is 1. The smallest absolute Gasteiger partial charge is 0.320 e. The van der Waals surface area contributed by atoms with Crippen LogP contribution in [0.2, 0.25) is 0 Å². The van der Waals surface area contributed by atoms with Gasteiger partial charge in [-0.1, -0.05) is 94.0 Å². The molecule has 3 heteroatoms. The van der Waals surface area contributed by atoms with E-state index in [4.69, 9.17) is 0 Å². The second-order valence-corrected chi connectivity index (χ2v) is 8.89. The zero-order valence-corrected chi connectivity index (χ0v) is 16.9. The maximum atomic E-state index is 12.0. The van der Waals surface area contributed by atoms with Crippen molar-refractivity contribution in [2.24, 2.45) is 11.8 Å². The van der Waals surface area contributed by atoms with Gasteiger partial charge in [0.2, 0.25) is 0 Å². The predicted octanol–water partition coefficient (Wildman–Crippen LogP) is 6.95. The van der Waals surface area contributed by atoms with Gasteiger partial charge in [0.25, 0.3) is 0 Å². The molecule has 1 fully saturated rings. The van der Waals surface area contributed by atoms with Crippen molar-refractivity contribution in [3.05, 3.63) is 0 Å². The minimum absolute atomic E-state index is 0.327. The van der Waals surface area contributed by atoms with E-state index in [1.54, 1.807) is 0 Å². The number of halogens is 1. The number of carboxylic acids is 1. The Labute approximate surface area is 151 Å². The summed E-state index contributed by atoms with van der Waals surface area (Å²) in [7, 11) is 0. The molecule has 1 aliphatic carbocycles. The van der Waals surface area contributed by atoms with Crippen molar-refractivity contribution in [3.63, 3.8) is 0 Å². The molecule has 0 aromatic carbocycles. The van der Waals surface area contributed by atoms with Crippen molar-refractivity contribution < 1.29 is 9.90 Å². The quantitative estimate of drug-likeness (QED) is 0.243. The van der Waals surface area contributed by atoms with Crippen molar-refractivity contribution >= 4 is 21.9 Å². The number of rotatable bonds is 15. The van der Waals surface area contributed by atoms with E-state index in [1.165, 1.54) is 64.2 Å². The van der Waals surface area contributed by atoms with Gasteiger partial charge in [-0.05, 0) is 37.5 Å². The van der Waals surface area contributed by atoms with Gasteiger partial charge in [-0.15, -0.1) is 0 Å². The van der Waals surface area contributed by atoms with Gasteiger partial charge in [0.15, 0.2) is 0 Å². The maximum absolute atomic E-state index is 12.0. The fourth-order valence-electron chi connectivity index (χ4n) is 3.74. The van der Waals surface area contributed by atoms with Crippen molar-refractivity contribution in [2.75, 3.05) is 0 Å². The summed E-state index contributed by atoms with van der Waals surface area (Å²) in [5, 5.41) is 9.86. The molecule has 0 spiro atoms. The molecule has 0 aromatic rings. The fraction of sp³-hybridized carbons (Fsp3) is 0.950. The van der Waals surface area contributed by atoms with Gasteiger partial charge in [0.05, 0.1) is 0 Å². The summed E-state index contributed by atoms with van der Waals surface area (Å²) in [5.74, 6) is 0.344. The molecular formula is C20H37BrO2. The molecule has 0 saturated heterocycles. The molecule has 23 heavy (non-hydrogen) atoms. The molecule has 0 radical (unpaired) electrons. The molecule has 2 unspecified atom stereocenters.